The Bertz CT molecular complexity index is 928. The summed E-state index contributed by atoms with van der Waals surface area (Å²) in [5, 5.41) is 5.79. The fourth-order valence-electron chi connectivity index (χ4n) is 2.30. The molecule has 0 atom stereocenters. The third-order valence-corrected chi connectivity index (χ3v) is 6.29. The molecule has 144 valence electrons. The standard InChI is InChI=1S/C19H22BrN3O3S/c1-4-11-23(3)27(25,26)16-8-6-15(7-9-16)21-13-19(24)22-18-10-5-14(2)12-17(18)20/h4-10,12,21H,1,11,13H2,2-3H3,(H,22,24). The Kier molecular flexibility index (Phi) is 7.18. The van der Waals surface area contributed by atoms with Gasteiger partial charge in [0, 0.05) is 23.8 Å². The maximum Gasteiger partial charge on any atom is 0.243 e. The molecule has 0 aliphatic heterocycles. The van der Waals surface area contributed by atoms with Crippen LogP contribution in [0.1, 0.15) is 5.56 Å². The van der Waals surface area contributed by atoms with E-state index in [1.165, 1.54) is 29.6 Å². The van der Waals surface area contributed by atoms with Gasteiger partial charge in [-0.1, -0.05) is 12.1 Å². The maximum absolute atomic E-state index is 12.3. The van der Waals surface area contributed by atoms with Crippen LogP contribution in [0, 0.1) is 6.92 Å². The Balaban J connectivity index is 1.96. The number of likely N-dealkylation sites (N-methyl/N-ethyl adjacent to an activating group) is 1. The quantitative estimate of drug-likeness (QED) is 0.600. The molecule has 2 rings (SSSR count). The van der Waals surface area contributed by atoms with Gasteiger partial charge in [-0.3, -0.25) is 4.79 Å². The van der Waals surface area contributed by atoms with Crippen molar-refractivity contribution in [3.05, 3.63) is 65.2 Å². The second-order valence-corrected chi connectivity index (χ2v) is 8.88. The molecule has 0 aromatic heterocycles. The number of halogens is 1. The number of aryl methyl sites for hydroxylation is 1. The van der Waals surface area contributed by atoms with Crippen molar-refractivity contribution < 1.29 is 13.2 Å². The lowest BCUT2D eigenvalue weighted by atomic mass is 10.2. The third kappa shape index (κ3) is 5.66. The Morgan fingerprint density at radius 3 is 2.48 bits per heavy atom. The lowest BCUT2D eigenvalue weighted by Gasteiger charge is -2.15. The van der Waals surface area contributed by atoms with E-state index in [0.29, 0.717) is 11.4 Å². The number of nitrogens with one attached hydrogen (secondary N) is 2. The van der Waals surface area contributed by atoms with Crippen molar-refractivity contribution in [2.75, 3.05) is 30.8 Å². The van der Waals surface area contributed by atoms with Crippen LogP contribution >= 0.6 is 15.9 Å². The Morgan fingerprint density at radius 1 is 1.22 bits per heavy atom. The number of carbonyl (C=O) groups is 1. The van der Waals surface area contributed by atoms with Crippen LogP contribution in [0.4, 0.5) is 11.4 Å². The van der Waals surface area contributed by atoms with E-state index in [-0.39, 0.29) is 23.9 Å². The van der Waals surface area contributed by atoms with Crippen molar-refractivity contribution in [3.63, 3.8) is 0 Å². The smallest absolute Gasteiger partial charge is 0.243 e. The van der Waals surface area contributed by atoms with Crippen LogP contribution in [0.15, 0.2) is 64.5 Å². The lowest BCUT2D eigenvalue weighted by Crippen LogP contribution is -2.27. The highest BCUT2D eigenvalue weighted by Gasteiger charge is 2.19. The first kappa shape index (κ1) is 21.1. The molecule has 2 aromatic rings. The van der Waals surface area contributed by atoms with Gasteiger partial charge in [0.25, 0.3) is 0 Å². The summed E-state index contributed by atoms with van der Waals surface area (Å²) in [7, 11) is -2.05. The Labute approximate surface area is 168 Å². The zero-order chi connectivity index (χ0) is 20.0. The van der Waals surface area contributed by atoms with E-state index in [1.54, 1.807) is 12.1 Å². The molecule has 0 fully saturated rings. The predicted molar refractivity (Wildman–Crippen MR) is 112 cm³/mol. The van der Waals surface area contributed by atoms with Gasteiger partial charge >= 0.3 is 0 Å². The van der Waals surface area contributed by atoms with Gasteiger partial charge < -0.3 is 10.6 Å². The summed E-state index contributed by atoms with van der Waals surface area (Å²) in [5.41, 5.74) is 2.43. The molecule has 2 N–H and O–H groups in total. The Hall–Kier alpha value is -2.16. The van der Waals surface area contributed by atoms with Crippen LogP contribution in [0.3, 0.4) is 0 Å². The molecule has 0 saturated carbocycles. The van der Waals surface area contributed by atoms with Gasteiger partial charge in [0.2, 0.25) is 15.9 Å². The first-order valence-electron chi connectivity index (χ1n) is 8.21. The first-order valence-corrected chi connectivity index (χ1v) is 10.4. The number of rotatable bonds is 8. The van der Waals surface area contributed by atoms with E-state index >= 15 is 0 Å². The molecule has 0 spiro atoms. The zero-order valence-corrected chi connectivity index (χ0v) is 17.6. The lowest BCUT2D eigenvalue weighted by molar-refractivity contribution is -0.114. The number of hydrogen-bond donors (Lipinski definition) is 2. The van der Waals surface area contributed by atoms with Crippen LogP contribution < -0.4 is 10.6 Å². The molecule has 27 heavy (non-hydrogen) atoms. The molecule has 0 unspecified atom stereocenters. The second-order valence-electron chi connectivity index (χ2n) is 5.98. The minimum Gasteiger partial charge on any atom is -0.376 e. The van der Waals surface area contributed by atoms with Gasteiger partial charge in [0.05, 0.1) is 17.1 Å². The van der Waals surface area contributed by atoms with E-state index in [2.05, 4.69) is 33.1 Å². The van der Waals surface area contributed by atoms with Crippen molar-refractivity contribution in [1.29, 1.82) is 0 Å². The average molecular weight is 452 g/mol. The summed E-state index contributed by atoms with van der Waals surface area (Å²) in [6.07, 6.45) is 1.53. The van der Waals surface area contributed by atoms with Gasteiger partial charge in [0.1, 0.15) is 0 Å². The number of hydrogen-bond acceptors (Lipinski definition) is 4. The van der Waals surface area contributed by atoms with E-state index in [9.17, 15) is 13.2 Å². The zero-order valence-electron chi connectivity index (χ0n) is 15.2. The van der Waals surface area contributed by atoms with Crippen molar-refractivity contribution in [2.24, 2.45) is 0 Å². The number of anilines is 2. The monoisotopic (exact) mass is 451 g/mol. The highest BCUT2D eigenvalue weighted by atomic mass is 79.9. The molecule has 0 radical (unpaired) electrons. The van der Waals surface area contributed by atoms with Gasteiger partial charge in [0.15, 0.2) is 0 Å². The molecule has 0 saturated heterocycles. The fraction of sp³-hybridized carbons (Fsp3) is 0.211. The number of benzene rings is 2. The van der Waals surface area contributed by atoms with Crippen molar-refractivity contribution in [2.45, 2.75) is 11.8 Å². The van der Waals surface area contributed by atoms with Crippen LogP contribution in [0.2, 0.25) is 0 Å². The highest BCUT2D eigenvalue weighted by molar-refractivity contribution is 9.10. The number of amides is 1. The highest BCUT2D eigenvalue weighted by Crippen LogP contribution is 2.23. The van der Waals surface area contributed by atoms with Crippen LogP contribution in [0.25, 0.3) is 0 Å². The normalized spacial score (nSPS) is 11.3. The van der Waals surface area contributed by atoms with Crippen molar-refractivity contribution in [1.82, 2.24) is 4.31 Å². The SMILES string of the molecule is C=CCN(C)S(=O)(=O)c1ccc(NCC(=O)Nc2ccc(C)cc2Br)cc1. The van der Waals surface area contributed by atoms with E-state index in [4.69, 9.17) is 0 Å². The van der Waals surface area contributed by atoms with Gasteiger partial charge in [-0.2, -0.15) is 4.31 Å². The molecular weight excluding hydrogens is 430 g/mol. The number of carbonyl (C=O) groups excluding carboxylic acids is 1. The number of sulfonamides is 1. The molecule has 0 aliphatic rings. The van der Waals surface area contributed by atoms with Crippen molar-refractivity contribution in [3.8, 4) is 0 Å². The molecule has 6 nitrogen and oxygen atoms in total. The minimum atomic E-state index is -3.55. The second kappa shape index (κ2) is 9.16. The molecule has 8 heteroatoms. The molecular formula is C19H22BrN3O3S. The van der Waals surface area contributed by atoms with Crippen LogP contribution in [-0.2, 0) is 14.8 Å². The number of nitrogens with zero attached hydrogens (tertiary/aromatic N) is 1. The maximum atomic E-state index is 12.3. The minimum absolute atomic E-state index is 0.0583. The average Bonchev–Trinajstić information content (AvgIpc) is 2.63. The largest absolute Gasteiger partial charge is 0.376 e. The van der Waals surface area contributed by atoms with Gasteiger partial charge in [-0.25, -0.2) is 8.42 Å². The molecule has 1 amide bonds. The first-order chi connectivity index (χ1) is 12.7. The summed E-state index contributed by atoms with van der Waals surface area (Å²) in [6, 6.07) is 11.9. The summed E-state index contributed by atoms with van der Waals surface area (Å²) < 4.78 is 26.7. The van der Waals surface area contributed by atoms with E-state index in [0.717, 1.165) is 10.0 Å². The van der Waals surface area contributed by atoms with E-state index in [1.807, 2.05) is 25.1 Å². The van der Waals surface area contributed by atoms with Crippen molar-refractivity contribution >= 4 is 43.2 Å². The topological polar surface area (TPSA) is 78.5 Å². The fourth-order valence-corrected chi connectivity index (χ4v) is 4.04. The molecule has 0 bridgehead atoms. The summed E-state index contributed by atoms with van der Waals surface area (Å²) in [5.74, 6) is -0.207. The Morgan fingerprint density at radius 2 is 1.89 bits per heavy atom. The van der Waals surface area contributed by atoms with Gasteiger partial charge in [-0.15, -0.1) is 6.58 Å². The van der Waals surface area contributed by atoms with Gasteiger partial charge in [-0.05, 0) is 64.8 Å². The van der Waals surface area contributed by atoms with E-state index < -0.39 is 10.0 Å². The van der Waals surface area contributed by atoms with Crippen LogP contribution in [0.5, 0.6) is 0 Å². The predicted octanol–water partition coefficient (Wildman–Crippen LogP) is 3.61. The molecule has 2 aromatic carbocycles. The molecule has 0 aliphatic carbocycles. The summed E-state index contributed by atoms with van der Waals surface area (Å²) >= 11 is 3.42. The van der Waals surface area contributed by atoms with Crippen LogP contribution in [-0.4, -0.2) is 38.8 Å². The summed E-state index contributed by atoms with van der Waals surface area (Å²) in [6.45, 7) is 5.81. The summed E-state index contributed by atoms with van der Waals surface area (Å²) in [4.78, 5) is 12.3. The third-order valence-electron chi connectivity index (χ3n) is 3.80. The molecule has 0 heterocycles.